The summed E-state index contributed by atoms with van der Waals surface area (Å²) in [6.45, 7) is 0.835. The summed E-state index contributed by atoms with van der Waals surface area (Å²) in [6, 6.07) is 0. The maximum absolute atomic E-state index is 12.0. The van der Waals surface area contributed by atoms with Gasteiger partial charge in [0.15, 0.2) is 0 Å². The molecule has 4 heteroatoms. The molecule has 0 aromatic heterocycles. The van der Waals surface area contributed by atoms with Gasteiger partial charge in [0, 0.05) is 13.0 Å². The molecule has 2 aliphatic rings. The smallest absolute Gasteiger partial charge is 0.325 e. The van der Waals surface area contributed by atoms with Crippen LogP contribution in [0.1, 0.15) is 44.9 Å². The lowest BCUT2D eigenvalue weighted by atomic mass is 9.75. The predicted octanol–water partition coefficient (Wildman–Crippen LogP) is 1.98. The number of hydrogen-bond acceptors (Lipinski definition) is 3. The summed E-state index contributed by atoms with van der Waals surface area (Å²) < 4.78 is 4.61. The highest BCUT2D eigenvalue weighted by Gasteiger charge is 2.32. The van der Waals surface area contributed by atoms with Gasteiger partial charge in [0.05, 0.1) is 7.11 Å². The molecule has 1 saturated heterocycles. The molecule has 102 valence electrons. The molecule has 0 bridgehead atoms. The highest BCUT2D eigenvalue weighted by molar-refractivity contribution is 5.82. The highest BCUT2D eigenvalue weighted by Crippen LogP contribution is 2.35. The first-order chi connectivity index (χ1) is 8.70. The number of rotatable bonds is 3. The van der Waals surface area contributed by atoms with Gasteiger partial charge < -0.3 is 9.64 Å². The van der Waals surface area contributed by atoms with Gasteiger partial charge in [-0.2, -0.15) is 0 Å². The van der Waals surface area contributed by atoms with Crippen LogP contribution < -0.4 is 0 Å². The van der Waals surface area contributed by atoms with Crippen LogP contribution in [0, 0.1) is 11.8 Å². The van der Waals surface area contributed by atoms with E-state index in [0.717, 1.165) is 18.9 Å². The normalized spacial score (nSPS) is 26.2. The molecule has 1 aliphatic heterocycles. The van der Waals surface area contributed by atoms with Gasteiger partial charge in [-0.15, -0.1) is 0 Å². The molecule has 1 saturated carbocycles. The van der Waals surface area contributed by atoms with E-state index in [4.69, 9.17) is 0 Å². The highest BCUT2D eigenvalue weighted by atomic mass is 16.5. The van der Waals surface area contributed by atoms with E-state index in [1.165, 1.54) is 39.2 Å². The first-order valence-electron chi connectivity index (χ1n) is 7.05. The summed E-state index contributed by atoms with van der Waals surface area (Å²) in [5, 5.41) is 0. The molecule has 1 atom stereocenters. The Morgan fingerprint density at radius 2 is 1.94 bits per heavy atom. The zero-order valence-corrected chi connectivity index (χ0v) is 11.2. The fourth-order valence-corrected chi connectivity index (χ4v) is 3.30. The molecule has 1 amide bonds. The topological polar surface area (TPSA) is 46.6 Å². The van der Waals surface area contributed by atoms with E-state index in [-0.39, 0.29) is 18.4 Å². The summed E-state index contributed by atoms with van der Waals surface area (Å²) in [4.78, 5) is 24.9. The first kappa shape index (κ1) is 13.4. The van der Waals surface area contributed by atoms with Crippen molar-refractivity contribution in [3.8, 4) is 0 Å². The molecule has 18 heavy (non-hydrogen) atoms. The van der Waals surface area contributed by atoms with Crippen LogP contribution in [0.15, 0.2) is 0 Å². The molecule has 4 nitrogen and oxygen atoms in total. The third-order valence-electron chi connectivity index (χ3n) is 4.42. The van der Waals surface area contributed by atoms with Crippen molar-refractivity contribution >= 4 is 11.9 Å². The third kappa shape index (κ3) is 3.24. The number of carbonyl (C=O) groups is 2. The Balaban J connectivity index is 1.83. The Bertz CT molecular complexity index is 310. The molecule has 0 unspecified atom stereocenters. The molecule has 0 spiro atoms. The molecule has 2 fully saturated rings. The van der Waals surface area contributed by atoms with Crippen LogP contribution >= 0.6 is 0 Å². The standard InChI is InChI=1S/C14H23NO3/c1-18-14(17)10-15-8-7-12(9-13(15)16)11-5-3-2-4-6-11/h11-12H,2-10H2,1H3/t12-/m0/s1. The second-order valence-corrected chi connectivity index (χ2v) is 5.54. The van der Waals surface area contributed by atoms with Crippen LogP contribution in [0.4, 0.5) is 0 Å². The monoisotopic (exact) mass is 253 g/mol. The van der Waals surface area contributed by atoms with Crippen LogP contribution in [0.5, 0.6) is 0 Å². The zero-order chi connectivity index (χ0) is 13.0. The van der Waals surface area contributed by atoms with E-state index in [9.17, 15) is 9.59 Å². The Kier molecular flexibility index (Phi) is 4.61. The van der Waals surface area contributed by atoms with E-state index < -0.39 is 0 Å². The lowest BCUT2D eigenvalue weighted by molar-refractivity contribution is -0.149. The molecule has 0 N–H and O–H groups in total. The van der Waals surface area contributed by atoms with E-state index in [1.54, 1.807) is 4.90 Å². The number of ether oxygens (including phenoxy) is 1. The maximum Gasteiger partial charge on any atom is 0.325 e. The number of nitrogens with zero attached hydrogens (tertiary/aromatic N) is 1. The molecular weight excluding hydrogens is 230 g/mol. The average Bonchev–Trinajstić information content (AvgIpc) is 2.42. The van der Waals surface area contributed by atoms with Crippen LogP contribution in [-0.2, 0) is 14.3 Å². The molecular formula is C14H23NO3. The molecule has 1 heterocycles. The molecule has 0 aromatic carbocycles. The summed E-state index contributed by atoms with van der Waals surface area (Å²) in [7, 11) is 1.36. The zero-order valence-electron chi connectivity index (χ0n) is 11.2. The fraction of sp³-hybridized carbons (Fsp3) is 0.857. The van der Waals surface area contributed by atoms with Crippen molar-refractivity contribution in [1.29, 1.82) is 0 Å². The van der Waals surface area contributed by atoms with E-state index >= 15 is 0 Å². The number of methoxy groups -OCH3 is 1. The molecule has 2 rings (SSSR count). The minimum Gasteiger partial charge on any atom is -0.468 e. The number of carbonyl (C=O) groups excluding carboxylic acids is 2. The summed E-state index contributed by atoms with van der Waals surface area (Å²) >= 11 is 0. The van der Waals surface area contributed by atoms with Gasteiger partial charge in [-0.05, 0) is 18.3 Å². The van der Waals surface area contributed by atoms with Crippen molar-refractivity contribution in [2.24, 2.45) is 11.8 Å². The second-order valence-electron chi connectivity index (χ2n) is 5.54. The summed E-state index contributed by atoms with van der Waals surface area (Å²) in [5.41, 5.74) is 0. The Hall–Kier alpha value is -1.06. The van der Waals surface area contributed by atoms with Crippen LogP contribution in [-0.4, -0.2) is 37.0 Å². The number of esters is 1. The SMILES string of the molecule is COC(=O)CN1CC[C@H](C2CCCCC2)CC1=O. The van der Waals surface area contributed by atoms with E-state index in [0.29, 0.717) is 12.3 Å². The summed E-state index contributed by atoms with van der Waals surface area (Å²) in [5.74, 6) is 1.09. The Morgan fingerprint density at radius 3 is 2.56 bits per heavy atom. The largest absolute Gasteiger partial charge is 0.468 e. The third-order valence-corrected chi connectivity index (χ3v) is 4.42. The van der Waals surface area contributed by atoms with Crippen molar-refractivity contribution in [3.63, 3.8) is 0 Å². The van der Waals surface area contributed by atoms with Crippen molar-refractivity contribution in [3.05, 3.63) is 0 Å². The Morgan fingerprint density at radius 1 is 1.22 bits per heavy atom. The summed E-state index contributed by atoms with van der Waals surface area (Å²) in [6.07, 6.45) is 8.24. The van der Waals surface area contributed by atoms with Crippen LogP contribution in [0.2, 0.25) is 0 Å². The minimum atomic E-state index is -0.320. The van der Waals surface area contributed by atoms with Crippen molar-refractivity contribution in [2.45, 2.75) is 44.9 Å². The lowest BCUT2D eigenvalue weighted by Gasteiger charge is -2.36. The van der Waals surface area contributed by atoms with Crippen molar-refractivity contribution in [1.82, 2.24) is 4.90 Å². The van der Waals surface area contributed by atoms with Gasteiger partial charge >= 0.3 is 5.97 Å². The number of likely N-dealkylation sites (tertiary alicyclic amines) is 1. The van der Waals surface area contributed by atoms with Crippen molar-refractivity contribution in [2.75, 3.05) is 20.2 Å². The lowest BCUT2D eigenvalue weighted by Crippen LogP contribution is -2.43. The molecule has 1 aliphatic carbocycles. The van der Waals surface area contributed by atoms with Gasteiger partial charge in [-0.25, -0.2) is 0 Å². The second kappa shape index (κ2) is 6.21. The van der Waals surface area contributed by atoms with Gasteiger partial charge in [-0.3, -0.25) is 9.59 Å². The minimum absolute atomic E-state index is 0.118. The fourth-order valence-electron chi connectivity index (χ4n) is 3.30. The number of piperidine rings is 1. The van der Waals surface area contributed by atoms with Gasteiger partial charge in [0.25, 0.3) is 0 Å². The predicted molar refractivity (Wildman–Crippen MR) is 67.9 cm³/mol. The van der Waals surface area contributed by atoms with Gasteiger partial charge in [0.1, 0.15) is 6.54 Å². The maximum atomic E-state index is 12.0. The number of amides is 1. The van der Waals surface area contributed by atoms with E-state index in [2.05, 4.69) is 4.74 Å². The Labute approximate surface area is 109 Å². The molecule has 0 aromatic rings. The van der Waals surface area contributed by atoms with Crippen LogP contribution in [0.3, 0.4) is 0 Å². The molecule has 0 radical (unpaired) electrons. The average molecular weight is 253 g/mol. The van der Waals surface area contributed by atoms with Crippen LogP contribution in [0.25, 0.3) is 0 Å². The number of hydrogen-bond donors (Lipinski definition) is 0. The van der Waals surface area contributed by atoms with Gasteiger partial charge in [-0.1, -0.05) is 32.1 Å². The van der Waals surface area contributed by atoms with Gasteiger partial charge in [0.2, 0.25) is 5.91 Å². The quantitative estimate of drug-likeness (QED) is 0.722. The van der Waals surface area contributed by atoms with E-state index in [1.807, 2.05) is 0 Å². The first-order valence-corrected chi connectivity index (χ1v) is 7.05. The van der Waals surface area contributed by atoms with Crippen molar-refractivity contribution < 1.29 is 14.3 Å².